The fourth-order valence-electron chi connectivity index (χ4n) is 2.12. The molecule has 0 atom stereocenters. The van der Waals surface area contributed by atoms with Gasteiger partial charge in [0.2, 0.25) is 6.29 Å². The number of benzene rings is 1. The number of nitrogens with one attached hydrogen (secondary N) is 1. The molecule has 2 amide bonds. The van der Waals surface area contributed by atoms with Gasteiger partial charge in [-0.2, -0.15) is 0 Å². The fraction of sp³-hybridized carbons (Fsp3) is 0.471. The Hall–Kier alpha value is -2.17. The van der Waals surface area contributed by atoms with E-state index in [9.17, 15) is 19.5 Å². The van der Waals surface area contributed by atoms with Crippen LogP contribution >= 0.6 is 0 Å². The van der Waals surface area contributed by atoms with E-state index in [4.69, 9.17) is 0 Å². The minimum atomic E-state index is -0.993. The Labute approximate surface area is 130 Å². The monoisotopic (exact) mass is 305 g/mol. The lowest BCUT2D eigenvalue weighted by molar-refractivity contribution is -0.130. The molecular weight excluding hydrogens is 282 g/mol. The van der Waals surface area contributed by atoms with E-state index >= 15 is 0 Å². The number of amides is 2. The first-order valence-corrected chi connectivity index (χ1v) is 7.06. The molecule has 1 aromatic carbocycles. The number of rotatable bonds is 2. The highest BCUT2D eigenvalue weighted by Gasteiger charge is 2.28. The maximum Gasteiger partial charge on any atom is 0.290 e. The normalized spacial score (nSPS) is 11.9. The molecule has 0 bridgehead atoms. The largest absolute Gasteiger partial charge is 0.507 e. The van der Waals surface area contributed by atoms with E-state index in [0.717, 1.165) is 0 Å². The molecule has 0 fully saturated rings. The Morgan fingerprint density at radius 2 is 1.41 bits per heavy atom. The van der Waals surface area contributed by atoms with Crippen LogP contribution in [-0.2, 0) is 20.4 Å². The smallest absolute Gasteiger partial charge is 0.290 e. The van der Waals surface area contributed by atoms with Crippen molar-refractivity contribution in [3.63, 3.8) is 0 Å². The fourth-order valence-corrected chi connectivity index (χ4v) is 2.12. The van der Waals surface area contributed by atoms with Gasteiger partial charge in [-0.25, -0.2) is 0 Å². The predicted molar refractivity (Wildman–Crippen MR) is 84.0 cm³/mol. The Morgan fingerprint density at radius 1 is 1.00 bits per heavy atom. The number of phenolic OH excluding ortho intramolecular Hbond substituents is 1. The standard InChI is InChI=1S/C17H23NO4/c1-16(2,3)11-7-10(15(22)18-13(20)9-19)8-12(14(11)21)17(4,5)6/h7-9,21H,1-6H3,(H,18,20,22). The third kappa shape index (κ3) is 3.93. The summed E-state index contributed by atoms with van der Waals surface area (Å²) < 4.78 is 0. The molecule has 120 valence electrons. The molecule has 0 saturated heterocycles. The van der Waals surface area contributed by atoms with Crippen LogP contribution in [0.5, 0.6) is 5.75 Å². The summed E-state index contributed by atoms with van der Waals surface area (Å²) in [5, 5.41) is 12.5. The molecule has 1 aromatic rings. The number of hydrogen-bond donors (Lipinski definition) is 2. The van der Waals surface area contributed by atoms with Gasteiger partial charge in [0.1, 0.15) is 5.75 Å². The highest BCUT2D eigenvalue weighted by molar-refractivity contribution is 6.29. The molecule has 0 radical (unpaired) electrons. The van der Waals surface area contributed by atoms with Gasteiger partial charge >= 0.3 is 0 Å². The van der Waals surface area contributed by atoms with E-state index in [1.165, 1.54) is 0 Å². The zero-order chi connectivity index (χ0) is 17.3. The van der Waals surface area contributed by atoms with Gasteiger partial charge < -0.3 is 5.11 Å². The summed E-state index contributed by atoms with van der Waals surface area (Å²) in [7, 11) is 0. The average molecular weight is 305 g/mol. The Morgan fingerprint density at radius 3 is 1.73 bits per heavy atom. The lowest BCUT2D eigenvalue weighted by Crippen LogP contribution is -2.31. The Bertz CT molecular complexity index is 584. The van der Waals surface area contributed by atoms with Gasteiger partial charge in [-0.1, -0.05) is 41.5 Å². The van der Waals surface area contributed by atoms with Crippen molar-refractivity contribution in [3.8, 4) is 5.75 Å². The lowest BCUT2D eigenvalue weighted by atomic mass is 9.78. The van der Waals surface area contributed by atoms with Crippen molar-refractivity contribution in [2.24, 2.45) is 0 Å². The number of aromatic hydroxyl groups is 1. The SMILES string of the molecule is CC(C)(C)c1cc(C(=O)NC(=O)C=O)cc(C(C)(C)C)c1O. The predicted octanol–water partition coefficient (Wildman–Crippen LogP) is 2.44. The molecule has 22 heavy (non-hydrogen) atoms. The number of hydrogen-bond acceptors (Lipinski definition) is 4. The molecule has 0 aromatic heterocycles. The number of aldehydes is 1. The average Bonchev–Trinajstić information content (AvgIpc) is 2.35. The van der Waals surface area contributed by atoms with Crippen LogP contribution in [0, 0.1) is 0 Å². The van der Waals surface area contributed by atoms with Gasteiger partial charge in [-0.05, 0) is 23.0 Å². The van der Waals surface area contributed by atoms with E-state index in [1.807, 2.05) is 46.9 Å². The molecule has 0 aliphatic rings. The van der Waals surface area contributed by atoms with Gasteiger partial charge in [0.25, 0.3) is 11.8 Å². The maximum absolute atomic E-state index is 12.1. The third-order valence-corrected chi connectivity index (χ3v) is 3.33. The summed E-state index contributed by atoms with van der Waals surface area (Å²) in [6, 6.07) is 3.11. The van der Waals surface area contributed by atoms with Crippen molar-refractivity contribution in [3.05, 3.63) is 28.8 Å². The summed E-state index contributed by atoms with van der Waals surface area (Å²) >= 11 is 0. The summed E-state index contributed by atoms with van der Waals surface area (Å²) in [6.07, 6.45) is 0.0493. The highest BCUT2D eigenvalue weighted by Crippen LogP contribution is 2.39. The van der Waals surface area contributed by atoms with Gasteiger partial charge in [0.05, 0.1) is 0 Å². The van der Waals surface area contributed by atoms with Crippen LogP contribution in [0.3, 0.4) is 0 Å². The van der Waals surface area contributed by atoms with E-state index in [0.29, 0.717) is 11.1 Å². The zero-order valence-corrected chi connectivity index (χ0v) is 13.9. The van der Waals surface area contributed by atoms with Crippen molar-refractivity contribution in [2.45, 2.75) is 52.4 Å². The van der Waals surface area contributed by atoms with E-state index < -0.39 is 11.8 Å². The zero-order valence-electron chi connectivity index (χ0n) is 13.9. The van der Waals surface area contributed by atoms with Crippen molar-refractivity contribution < 1.29 is 19.5 Å². The molecule has 0 unspecified atom stereocenters. The summed E-state index contributed by atoms with van der Waals surface area (Å²) in [4.78, 5) is 33.6. The van der Waals surface area contributed by atoms with Crippen LogP contribution in [0.25, 0.3) is 0 Å². The van der Waals surface area contributed by atoms with Gasteiger partial charge in [0, 0.05) is 16.7 Å². The lowest BCUT2D eigenvalue weighted by Gasteiger charge is -2.28. The third-order valence-electron chi connectivity index (χ3n) is 3.33. The molecular formula is C17H23NO4. The number of carbonyl (C=O) groups excluding carboxylic acids is 3. The van der Waals surface area contributed by atoms with Crippen molar-refractivity contribution in [1.29, 1.82) is 0 Å². The second kappa shape index (κ2) is 5.91. The molecule has 0 aliphatic heterocycles. The quantitative estimate of drug-likeness (QED) is 0.649. The molecule has 0 spiro atoms. The van der Waals surface area contributed by atoms with Crippen molar-refractivity contribution in [1.82, 2.24) is 5.32 Å². The minimum absolute atomic E-state index is 0.0493. The van der Waals surface area contributed by atoms with E-state index in [1.54, 1.807) is 12.1 Å². The number of carbonyl (C=O) groups is 3. The summed E-state index contributed by atoms with van der Waals surface area (Å²) in [5.41, 5.74) is 0.708. The van der Waals surface area contributed by atoms with E-state index in [2.05, 4.69) is 0 Å². The molecule has 5 nitrogen and oxygen atoms in total. The topological polar surface area (TPSA) is 83.5 Å². The Balaban J connectivity index is 3.51. The first-order valence-electron chi connectivity index (χ1n) is 7.06. The van der Waals surface area contributed by atoms with Gasteiger partial charge in [-0.15, -0.1) is 0 Å². The first-order chi connectivity index (χ1) is 9.87. The van der Waals surface area contributed by atoms with Crippen LogP contribution < -0.4 is 5.32 Å². The number of phenols is 1. The minimum Gasteiger partial charge on any atom is -0.507 e. The maximum atomic E-state index is 12.1. The van der Waals surface area contributed by atoms with Gasteiger partial charge in [0.15, 0.2) is 0 Å². The van der Waals surface area contributed by atoms with Gasteiger partial charge in [-0.3, -0.25) is 19.7 Å². The van der Waals surface area contributed by atoms with Crippen molar-refractivity contribution in [2.75, 3.05) is 0 Å². The molecule has 1 rings (SSSR count). The second-order valence-electron chi connectivity index (χ2n) is 7.36. The molecule has 0 heterocycles. The molecule has 5 heteroatoms. The first kappa shape index (κ1) is 17.9. The Kier molecular flexibility index (Phi) is 4.80. The summed E-state index contributed by atoms with van der Waals surface area (Å²) in [5.74, 6) is -1.50. The summed E-state index contributed by atoms with van der Waals surface area (Å²) in [6.45, 7) is 11.5. The van der Waals surface area contributed by atoms with Crippen LogP contribution in [0.15, 0.2) is 12.1 Å². The van der Waals surface area contributed by atoms with Crippen LogP contribution in [0.4, 0.5) is 0 Å². The van der Waals surface area contributed by atoms with Crippen LogP contribution in [0.1, 0.15) is 63.0 Å². The molecule has 2 N–H and O–H groups in total. The van der Waals surface area contributed by atoms with E-state index in [-0.39, 0.29) is 28.4 Å². The van der Waals surface area contributed by atoms with Crippen LogP contribution in [-0.4, -0.2) is 23.2 Å². The number of imide groups is 1. The highest BCUT2D eigenvalue weighted by atomic mass is 16.3. The molecule has 0 saturated carbocycles. The van der Waals surface area contributed by atoms with Crippen LogP contribution in [0.2, 0.25) is 0 Å². The van der Waals surface area contributed by atoms with Crippen molar-refractivity contribution >= 4 is 18.1 Å². The second-order valence-corrected chi connectivity index (χ2v) is 7.36. The molecule has 0 aliphatic carbocycles.